The first-order chi connectivity index (χ1) is 11.6. The van der Waals surface area contributed by atoms with Crippen LogP contribution in [0.2, 0.25) is 5.02 Å². The molecule has 0 unspecified atom stereocenters. The van der Waals surface area contributed by atoms with Gasteiger partial charge in [0.15, 0.2) is 5.78 Å². The summed E-state index contributed by atoms with van der Waals surface area (Å²) in [5, 5.41) is 0.680. The van der Waals surface area contributed by atoms with E-state index in [2.05, 4.69) is 9.98 Å². The molecule has 1 aromatic heterocycles. The highest BCUT2D eigenvalue weighted by atomic mass is 35.5. The van der Waals surface area contributed by atoms with E-state index in [0.29, 0.717) is 16.3 Å². The quantitative estimate of drug-likeness (QED) is 0.489. The molecule has 0 aliphatic heterocycles. The molecule has 2 aromatic carbocycles. The van der Waals surface area contributed by atoms with Crippen molar-refractivity contribution in [2.45, 2.75) is 13.8 Å². The molecule has 0 radical (unpaired) electrons. The molecule has 0 saturated heterocycles. The Morgan fingerprint density at radius 3 is 2.38 bits per heavy atom. The monoisotopic (exact) mass is 336 g/mol. The number of H-pyrrole nitrogens is 1. The Labute approximate surface area is 146 Å². The smallest absolute Gasteiger partial charge is 0.163 e. The van der Waals surface area contributed by atoms with Gasteiger partial charge in [0.2, 0.25) is 0 Å². The first kappa shape index (κ1) is 16.2. The summed E-state index contributed by atoms with van der Waals surface area (Å²) < 4.78 is 0. The Morgan fingerprint density at radius 1 is 1.08 bits per heavy atom. The van der Waals surface area contributed by atoms with E-state index in [1.165, 1.54) is 0 Å². The van der Waals surface area contributed by atoms with Gasteiger partial charge in [-0.15, -0.1) is 0 Å². The van der Waals surface area contributed by atoms with Crippen LogP contribution in [-0.4, -0.2) is 17.0 Å². The van der Waals surface area contributed by atoms with E-state index in [1.54, 1.807) is 13.1 Å². The summed E-state index contributed by atoms with van der Waals surface area (Å²) in [7, 11) is 0. The zero-order chi connectivity index (χ0) is 17.1. The van der Waals surface area contributed by atoms with Gasteiger partial charge in [-0.25, -0.2) is 0 Å². The van der Waals surface area contributed by atoms with Crippen LogP contribution in [-0.2, 0) is 0 Å². The molecule has 0 aliphatic rings. The normalized spacial score (nSPS) is 11.1. The molecular weight excluding hydrogens is 320 g/mol. The van der Waals surface area contributed by atoms with E-state index < -0.39 is 0 Å². The van der Waals surface area contributed by atoms with E-state index in [-0.39, 0.29) is 5.78 Å². The first-order valence-corrected chi connectivity index (χ1v) is 8.02. The maximum absolute atomic E-state index is 12.1. The van der Waals surface area contributed by atoms with Gasteiger partial charge in [-0.1, -0.05) is 54.1 Å². The van der Waals surface area contributed by atoms with Crippen LogP contribution in [0, 0.1) is 6.92 Å². The predicted octanol–water partition coefficient (Wildman–Crippen LogP) is 5.60. The molecule has 3 nitrogen and oxygen atoms in total. The van der Waals surface area contributed by atoms with Gasteiger partial charge in [-0.3, -0.25) is 9.79 Å². The van der Waals surface area contributed by atoms with Gasteiger partial charge in [-0.05, 0) is 31.5 Å². The maximum Gasteiger partial charge on any atom is 0.163 e. The van der Waals surface area contributed by atoms with Crippen LogP contribution in [0.1, 0.15) is 28.5 Å². The number of carbonyl (C=O) groups is 1. The molecule has 0 aliphatic carbocycles. The lowest BCUT2D eigenvalue weighted by molar-refractivity contribution is 0.101. The summed E-state index contributed by atoms with van der Waals surface area (Å²) in [4.78, 5) is 20.0. The molecule has 24 heavy (non-hydrogen) atoms. The van der Waals surface area contributed by atoms with Crippen LogP contribution >= 0.6 is 11.6 Å². The first-order valence-electron chi connectivity index (χ1n) is 7.65. The fourth-order valence-electron chi connectivity index (χ4n) is 2.67. The Morgan fingerprint density at radius 2 is 1.75 bits per heavy atom. The second-order valence-corrected chi connectivity index (χ2v) is 6.02. The van der Waals surface area contributed by atoms with Crippen molar-refractivity contribution in [3.05, 3.63) is 76.4 Å². The third-order valence-electron chi connectivity index (χ3n) is 3.79. The van der Waals surface area contributed by atoms with Crippen molar-refractivity contribution in [2.24, 2.45) is 4.99 Å². The van der Waals surface area contributed by atoms with Crippen molar-refractivity contribution < 1.29 is 4.79 Å². The topological polar surface area (TPSA) is 45.2 Å². The Kier molecular flexibility index (Phi) is 4.63. The summed E-state index contributed by atoms with van der Waals surface area (Å²) in [5.41, 5.74) is 4.89. The molecule has 0 saturated carbocycles. The molecule has 3 aromatic rings. The average Bonchev–Trinajstić information content (AvgIpc) is 2.92. The van der Waals surface area contributed by atoms with Crippen molar-refractivity contribution in [3.8, 4) is 11.3 Å². The van der Waals surface area contributed by atoms with Gasteiger partial charge in [0.05, 0.1) is 16.9 Å². The van der Waals surface area contributed by atoms with E-state index in [1.807, 2.05) is 61.5 Å². The maximum atomic E-state index is 12.1. The molecule has 1 heterocycles. The minimum absolute atomic E-state index is 0.00538. The van der Waals surface area contributed by atoms with Crippen molar-refractivity contribution in [3.63, 3.8) is 0 Å². The molecule has 4 heteroatoms. The third-order valence-corrected chi connectivity index (χ3v) is 4.04. The summed E-state index contributed by atoms with van der Waals surface area (Å²) in [6.45, 7) is 3.46. The number of aromatic amines is 1. The fourth-order valence-corrected chi connectivity index (χ4v) is 2.80. The van der Waals surface area contributed by atoms with Crippen LogP contribution in [0.5, 0.6) is 0 Å². The van der Waals surface area contributed by atoms with E-state index in [0.717, 1.165) is 22.5 Å². The lowest BCUT2D eigenvalue weighted by Gasteiger charge is -2.02. The molecule has 0 atom stereocenters. The predicted molar refractivity (Wildman–Crippen MR) is 99.7 cm³/mol. The zero-order valence-electron chi connectivity index (χ0n) is 13.5. The standard InChI is InChI=1S/C20H17ClN2O/c1-13-18(14(2)24)20(19(23-13)16-6-4-3-5-7-16)22-12-15-8-10-17(21)11-9-15/h3-12,23H,1-2H3. The lowest BCUT2D eigenvalue weighted by Crippen LogP contribution is -1.93. The Hall–Kier alpha value is -2.65. The minimum atomic E-state index is -0.00538. The van der Waals surface area contributed by atoms with Crippen LogP contribution in [0.25, 0.3) is 11.3 Å². The van der Waals surface area contributed by atoms with Gasteiger partial charge in [-0.2, -0.15) is 0 Å². The van der Waals surface area contributed by atoms with Crippen LogP contribution in [0.4, 0.5) is 5.69 Å². The van der Waals surface area contributed by atoms with Gasteiger partial charge in [0.1, 0.15) is 0 Å². The van der Waals surface area contributed by atoms with Gasteiger partial charge < -0.3 is 4.98 Å². The summed E-state index contributed by atoms with van der Waals surface area (Å²) >= 11 is 5.91. The van der Waals surface area contributed by atoms with Crippen molar-refractivity contribution >= 4 is 29.3 Å². The molecule has 1 N–H and O–H groups in total. The zero-order valence-corrected chi connectivity index (χ0v) is 14.3. The molecule has 120 valence electrons. The van der Waals surface area contributed by atoms with Crippen LogP contribution in [0.3, 0.4) is 0 Å². The number of benzene rings is 2. The Balaban J connectivity index is 2.10. The number of nitrogens with one attached hydrogen (secondary N) is 1. The SMILES string of the molecule is CC(=O)c1c(C)[nH]c(-c2ccccc2)c1N=Cc1ccc(Cl)cc1. The number of Topliss-reactive ketones (excluding diaryl/α,β-unsaturated/α-hetero) is 1. The van der Waals surface area contributed by atoms with Crippen LogP contribution in [0.15, 0.2) is 59.6 Å². The summed E-state index contributed by atoms with van der Waals surface area (Å²) in [5.74, 6) is -0.00538. The highest BCUT2D eigenvalue weighted by Gasteiger charge is 2.18. The largest absolute Gasteiger partial charge is 0.356 e. The van der Waals surface area contributed by atoms with Gasteiger partial charge in [0.25, 0.3) is 0 Å². The molecular formula is C20H17ClN2O. The van der Waals surface area contributed by atoms with E-state index in [4.69, 9.17) is 11.6 Å². The molecule has 3 rings (SSSR count). The highest BCUT2D eigenvalue weighted by molar-refractivity contribution is 6.30. The van der Waals surface area contributed by atoms with Crippen molar-refractivity contribution in [1.29, 1.82) is 0 Å². The molecule has 0 bridgehead atoms. The number of hydrogen-bond acceptors (Lipinski definition) is 2. The third kappa shape index (κ3) is 3.31. The Bertz CT molecular complexity index is 893. The number of carbonyl (C=O) groups excluding carboxylic acids is 1. The lowest BCUT2D eigenvalue weighted by atomic mass is 10.1. The fraction of sp³-hybridized carbons (Fsp3) is 0.100. The van der Waals surface area contributed by atoms with Crippen LogP contribution < -0.4 is 0 Å². The average molecular weight is 337 g/mol. The molecule has 0 fully saturated rings. The highest BCUT2D eigenvalue weighted by Crippen LogP contribution is 2.35. The number of halogens is 1. The van der Waals surface area contributed by atoms with E-state index >= 15 is 0 Å². The number of rotatable bonds is 4. The van der Waals surface area contributed by atoms with Crippen molar-refractivity contribution in [2.75, 3.05) is 0 Å². The van der Waals surface area contributed by atoms with Crippen molar-refractivity contribution in [1.82, 2.24) is 4.98 Å². The molecule has 0 spiro atoms. The summed E-state index contributed by atoms with van der Waals surface area (Å²) in [6.07, 6.45) is 1.75. The molecule has 0 amide bonds. The van der Waals surface area contributed by atoms with E-state index in [9.17, 15) is 4.79 Å². The van der Waals surface area contributed by atoms with Gasteiger partial charge in [0, 0.05) is 22.5 Å². The van der Waals surface area contributed by atoms with Gasteiger partial charge >= 0.3 is 0 Å². The second kappa shape index (κ2) is 6.85. The number of aromatic nitrogens is 1. The number of aryl methyl sites for hydroxylation is 1. The number of ketones is 1. The number of aliphatic imine (C=N–C) groups is 1. The minimum Gasteiger partial charge on any atom is -0.356 e. The number of hydrogen-bond donors (Lipinski definition) is 1. The number of nitrogens with zero attached hydrogens (tertiary/aromatic N) is 1. The summed E-state index contributed by atoms with van der Waals surface area (Å²) in [6, 6.07) is 17.3. The second-order valence-electron chi connectivity index (χ2n) is 5.58.